The molecule has 3 fully saturated rings. The Hall–Kier alpha value is -0.690. The molecule has 2 heterocycles. The zero-order valence-electron chi connectivity index (χ0n) is 15.4. The van der Waals surface area contributed by atoms with Crippen LogP contribution in [0.2, 0.25) is 0 Å². The Balaban J connectivity index is 1.44. The van der Waals surface area contributed by atoms with Crippen LogP contribution >= 0.6 is 0 Å². The SMILES string of the molecule is CC(C)N1CCOC(CN2CCN(C(=O)C3(N)CCCC3)CC2)C1. The van der Waals surface area contributed by atoms with Crippen LogP contribution in [0, 0.1) is 0 Å². The van der Waals surface area contributed by atoms with Crippen molar-refractivity contribution in [3.63, 3.8) is 0 Å². The molecule has 0 aromatic heterocycles. The minimum Gasteiger partial charge on any atom is -0.374 e. The second kappa shape index (κ2) is 7.68. The molecule has 138 valence electrons. The van der Waals surface area contributed by atoms with E-state index in [1.54, 1.807) is 0 Å². The summed E-state index contributed by atoms with van der Waals surface area (Å²) >= 11 is 0. The smallest absolute Gasteiger partial charge is 0.242 e. The summed E-state index contributed by atoms with van der Waals surface area (Å²) in [6.07, 6.45) is 4.18. The molecule has 2 aliphatic heterocycles. The van der Waals surface area contributed by atoms with E-state index in [1.807, 2.05) is 4.90 Å². The van der Waals surface area contributed by atoms with Crippen molar-refractivity contribution in [2.24, 2.45) is 5.73 Å². The van der Waals surface area contributed by atoms with E-state index >= 15 is 0 Å². The number of hydrogen-bond acceptors (Lipinski definition) is 5. The Morgan fingerprint density at radius 1 is 1.17 bits per heavy atom. The van der Waals surface area contributed by atoms with Gasteiger partial charge in [0.25, 0.3) is 0 Å². The zero-order chi connectivity index (χ0) is 17.2. The van der Waals surface area contributed by atoms with Gasteiger partial charge in [-0.1, -0.05) is 12.8 Å². The summed E-state index contributed by atoms with van der Waals surface area (Å²) in [4.78, 5) is 19.6. The van der Waals surface area contributed by atoms with Gasteiger partial charge in [0.05, 0.1) is 18.2 Å². The summed E-state index contributed by atoms with van der Waals surface area (Å²) in [5.74, 6) is 0.180. The maximum atomic E-state index is 12.7. The van der Waals surface area contributed by atoms with Gasteiger partial charge in [-0.2, -0.15) is 0 Å². The number of carbonyl (C=O) groups is 1. The number of nitrogens with zero attached hydrogens (tertiary/aromatic N) is 3. The lowest BCUT2D eigenvalue weighted by Crippen LogP contribution is -2.59. The van der Waals surface area contributed by atoms with Crippen molar-refractivity contribution in [2.75, 3.05) is 52.4 Å². The Morgan fingerprint density at radius 2 is 1.83 bits per heavy atom. The van der Waals surface area contributed by atoms with E-state index in [2.05, 4.69) is 23.6 Å². The molecule has 3 aliphatic rings. The van der Waals surface area contributed by atoms with E-state index in [1.165, 1.54) is 0 Å². The van der Waals surface area contributed by atoms with Crippen molar-refractivity contribution >= 4 is 5.91 Å². The lowest BCUT2D eigenvalue weighted by Gasteiger charge is -2.41. The average molecular weight is 338 g/mol. The largest absolute Gasteiger partial charge is 0.374 e. The van der Waals surface area contributed by atoms with Crippen LogP contribution in [0.15, 0.2) is 0 Å². The summed E-state index contributed by atoms with van der Waals surface area (Å²) in [7, 11) is 0. The monoisotopic (exact) mass is 338 g/mol. The highest BCUT2D eigenvalue weighted by Gasteiger charge is 2.40. The van der Waals surface area contributed by atoms with Crippen molar-refractivity contribution in [2.45, 2.75) is 57.2 Å². The number of hydrogen-bond donors (Lipinski definition) is 1. The third-order valence-electron chi connectivity index (χ3n) is 5.94. The lowest BCUT2D eigenvalue weighted by molar-refractivity contribution is -0.139. The Bertz CT molecular complexity index is 429. The molecule has 1 atom stereocenters. The molecule has 2 N–H and O–H groups in total. The van der Waals surface area contributed by atoms with Crippen LogP contribution in [-0.2, 0) is 9.53 Å². The molecule has 1 aliphatic carbocycles. The molecule has 0 aromatic carbocycles. The minimum absolute atomic E-state index is 0.180. The van der Waals surface area contributed by atoms with Gasteiger partial charge in [-0.3, -0.25) is 14.6 Å². The first-order valence-electron chi connectivity index (χ1n) is 9.64. The predicted molar refractivity (Wildman–Crippen MR) is 94.9 cm³/mol. The number of ether oxygens (including phenoxy) is 1. The van der Waals surface area contributed by atoms with Crippen molar-refractivity contribution in [1.29, 1.82) is 0 Å². The Kier molecular flexibility index (Phi) is 5.80. The number of carbonyl (C=O) groups excluding carboxylic acids is 1. The number of piperazine rings is 1. The van der Waals surface area contributed by atoms with Crippen LogP contribution in [0.25, 0.3) is 0 Å². The second-order valence-electron chi connectivity index (χ2n) is 8.04. The molecule has 1 saturated carbocycles. The van der Waals surface area contributed by atoms with Crippen LogP contribution in [0.1, 0.15) is 39.5 Å². The molecule has 0 aromatic rings. The molecular formula is C18H34N4O2. The quantitative estimate of drug-likeness (QED) is 0.809. The topological polar surface area (TPSA) is 62.0 Å². The number of rotatable bonds is 4. The first-order chi connectivity index (χ1) is 11.5. The van der Waals surface area contributed by atoms with Crippen LogP contribution in [0.4, 0.5) is 0 Å². The molecule has 1 unspecified atom stereocenters. The maximum Gasteiger partial charge on any atom is 0.242 e. The molecule has 6 heteroatoms. The van der Waals surface area contributed by atoms with Gasteiger partial charge in [-0.05, 0) is 26.7 Å². The summed E-state index contributed by atoms with van der Waals surface area (Å²) in [6.45, 7) is 11.8. The average Bonchev–Trinajstić information content (AvgIpc) is 3.03. The summed E-state index contributed by atoms with van der Waals surface area (Å²) in [5, 5.41) is 0. The van der Waals surface area contributed by atoms with Gasteiger partial charge in [-0.15, -0.1) is 0 Å². The predicted octanol–water partition coefficient (Wildman–Crippen LogP) is 0.511. The van der Waals surface area contributed by atoms with E-state index in [0.717, 1.165) is 78.1 Å². The molecule has 24 heavy (non-hydrogen) atoms. The molecule has 3 rings (SSSR count). The summed E-state index contributed by atoms with van der Waals surface area (Å²) in [5.41, 5.74) is 5.75. The molecule has 2 saturated heterocycles. The standard InChI is InChI=1S/C18H34N4O2/c1-15(2)22-11-12-24-16(14-22)13-20-7-9-21(10-8-20)17(23)18(19)5-3-4-6-18/h15-16H,3-14,19H2,1-2H3. The number of morpholine rings is 1. The van der Waals surface area contributed by atoms with Gasteiger partial charge in [0.2, 0.25) is 5.91 Å². The van der Waals surface area contributed by atoms with Crippen molar-refractivity contribution < 1.29 is 9.53 Å². The first kappa shape index (κ1) is 18.1. The van der Waals surface area contributed by atoms with Gasteiger partial charge in [-0.25, -0.2) is 0 Å². The third-order valence-corrected chi connectivity index (χ3v) is 5.94. The minimum atomic E-state index is -0.577. The molecule has 0 bridgehead atoms. The molecule has 0 radical (unpaired) electrons. The Morgan fingerprint density at radius 3 is 2.46 bits per heavy atom. The van der Waals surface area contributed by atoms with E-state index < -0.39 is 5.54 Å². The van der Waals surface area contributed by atoms with E-state index in [-0.39, 0.29) is 5.91 Å². The molecule has 0 spiro atoms. The van der Waals surface area contributed by atoms with Gasteiger partial charge in [0, 0.05) is 51.9 Å². The highest BCUT2D eigenvalue weighted by Crippen LogP contribution is 2.29. The van der Waals surface area contributed by atoms with Gasteiger partial charge in [0.15, 0.2) is 0 Å². The number of amides is 1. The zero-order valence-corrected chi connectivity index (χ0v) is 15.4. The van der Waals surface area contributed by atoms with Crippen LogP contribution < -0.4 is 5.73 Å². The van der Waals surface area contributed by atoms with Crippen LogP contribution in [0.3, 0.4) is 0 Å². The normalized spacial score (nSPS) is 29.3. The highest BCUT2D eigenvalue weighted by molar-refractivity contribution is 5.86. The molecule has 6 nitrogen and oxygen atoms in total. The van der Waals surface area contributed by atoms with Gasteiger partial charge in [0.1, 0.15) is 0 Å². The highest BCUT2D eigenvalue weighted by atomic mass is 16.5. The molecule has 1 amide bonds. The van der Waals surface area contributed by atoms with Gasteiger partial charge < -0.3 is 15.4 Å². The van der Waals surface area contributed by atoms with E-state index in [4.69, 9.17) is 10.5 Å². The van der Waals surface area contributed by atoms with Crippen molar-refractivity contribution in [3.05, 3.63) is 0 Å². The summed E-state index contributed by atoms with van der Waals surface area (Å²) < 4.78 is 5.95. The van der Waals surface area contributed by atoms with Crippen LogP contribution in [-0.4, -0.2) is 90.7 Å². The second-order valence-corrected chi connectivity index (χ2v) is 8.04. The first-order valence-corrected chi connectivity index (χ1v) is 9.64. The maximum absolute atomic E-state index is 12.7. The summed E-state index contributed by atoms with van der Waals surface area (Å²) in [6, 6.07) is 0.582. The van der Waals surface area contributed by atoms with Crippen LogP contribution in [0.5, 0.6) is 0 Å². The fraction of sp³-hybridized carbons (Fsp3) is 0.944. The van der Waals surface area contributed by atoms with Crippen molar-refractivity contribution in [3.8, 4) is 0 Å². The number of nitrogens with two attached hydrogens (primary N) is 1. The fourth-order valence-electron chi connectivity index (χ4n) is 4.28. The van der Waals surface area contributed by atoms with E-state index in [0.29, 0.717) is 12.1 Å². The Labute approximate surface area is 146 Å². The molecular weight excluding hydrogens is 304 g/mol. The lowest BCUT2D eigenvalue weighted by atomic mass is 9.97. The van der Waals surface area contributed by atoms with Gasteiger partial charge >= 0.3 is 0 Å². The third kappa shape index (κ3) is 4.10. The fourth-order valence-corrected chi connectivity index (χ4v) is 4.28. The van der Waals surface area contributed by atoms with E-state index in [9.17, 15) is 4.79 Å². The van der Waals surface area contributed by atoms with Crippen molar-refractivity contribution in [1.82, 2.24) is 14.7 Å².